The predicted octanol–water partition coefficient (Wildman–Crippen LogP) is 3.37. The van der Waals surface area contributed by atoms with Gasteiger partial charge in [-0.3, -0.25) is 9.79 Å². The van der Waals surface area contributed by atoms with Gasteiger partial charge in [-0.25, -0.2) is 9.97 Å². The van der Waals surface area contributed by atoms with E-state index in [0.717, 1.165) is 30.1 Å². The van der Waals surface area contributed by atoms with Crippen LogP contribution in [0.4, 0.5) is 5.82 Å². The lowest BCUT2D eigenvalue weighted by Crippen LogP contribution is -2.25. The molecule has 4 N–H and O–H groups in total. The summed E-state index contributed by atoms with van der Waals surface area (Å²) in [4.78, 5) is 23.9. The van der Waals surface area contributed by atoms with Crippen LogP contribution in [-0.4, -0.2) is 28.2 Å². The lowest BCUT2D eigenvalue weighted by atomic mass is 9.82. The number of hydrogen-bond donors (Lipinski definition) is 2. The van der Waals surface area contributed by atoms with Crippen molar-refractivity contribution in [3.05, 3.63) is 48.4 Å². The number of ether oxygens (including phenoxy) is 1. The molecule has 1 atom stereocenters. The number of nitrogen functional groups attached to an aromatic ring is 1. The highest BCUT2D eigenvalue weighted by atomic mass is 16.5. The third-order valence-electron chi connectivity index (χ3n) is 5.56. The summed E-state index contributed by atoms with van der Waals surface area (Å²) < 4.78 is 6.23. The molecule has 150 valence electrons. The average molecular weight is 391 g/mol. The number of amides is 1. The fourth-order valence-electron chi connectivity index (χ4n) is 4.02. The van der Waals surface area contributed by atoms with Crippen molar-refractivity contribution in [2.24, 2.45) is 22.6 Å². The van der Waals surface area contributed by atoms with Gasteiger partial charge >= 0.3 is 0 Å². The summed E-state index contributed by atoms with van der Waals surface area (Å²) in [5, 5.41) is 0. The molecule has 7 heteroatoms. The van der Waals surface area contributed by atoms with Crippen molar-refractivity contribution in [3.63, 3.8) is 0 Å². The maximum Gasteiger partial charge on any atom is 0.271 e. The molecule has 1 aromatic heterocycles. The molecule has 0 saturated heterocycles. The zero-order valence-electron chi connectivity index (χ0n) is 16.2. The van der Waals surface area contributed by atoms with E-state index in [9.17, 15) is 4.79 Å². The van der Waals surface area contributed by atoms with Crippen LogP contribution in [0.15, 0.2) is 47.7 Å². The summed E-state index contributed by atoms with van der Waals surface area (Å²) in [6.45, 7) is 0. The van der Waals surface area contributed by atoms with Crippen LogP contribution < -0.4 is 16.2 Å². The van der Waals surface area contributed by atoms with Gasteiger partial charge in [0.2, 0.25) is 0 Å². The zero-order chi connectivity index (χ0) is 20.2. The Bertz CT molecular complexity index is 936. The van der Waals surface area contributed by atoms with Gasteiger partial charge in [-0.2, -0.15) is 0 Å². The van der Waals surface area contributed by atoms with E-state index in [-0.39, 0.29) is 17.6 Å². The van der Waals surface area contributed by atoms with Gasteiger partial charge in [0.25, 0.3) is 5.91 Å². The van der Waals surface area contributed by atoms with Gasteiger partial charge in [0.15, 0.2) is 11.5 Å². The van der Waals surface area contributed by atoms with Crippen LogP contribution in [0.1, 0.15) is 42.6 Å². The summed E-state index contributed by atoms with van der Waals surface area (Å²) >= 11 is 0. The molecule has 1 aromatic carbocycles. The molecule has 1 unspecified atom stereocenters. The molecule has 2 heterocycles. The zero-order valence-corrected chi connectivity index (χ0v) is 16.2. The highest BCUT2D eigenvalue weighted by Crippen LogP contribution is 2.33. The molecule has 1 saturated carbocycles. The first kappa shape index (κ1) is 19.1. The topological polar surface area (TPSA) is 116 Å². The van der Waals surface area contributed by atoms with Crippen LogP contribution in [0.2, 0.25) is 0 Å². The minimum Gasteiger partial charge on any atom is -0.490 e. The number of carbonyl (C=O) groups is 1. The van der Waals surface area contributed by atoms with Gasteiger partial charge < -0.3 is 16.2 Å². The Morgan fingerprint density at radius 3 is 2.76 bits per heavy atom. The molecular weight excluding hydrogens is 366 g/mol. The van der Waals surface area contributed by atoms with Crippen molar-refractivity contribution < 1.29 is 9.53 Å². The number of allylic oxidation sites excluding steroid dienone is 1. The molecule has 29 heavy (non-hydrogen) atoms. The molecule has 2 aromatic rings. The van der Waals surface area contributed by atoms with Crippen LogP contribution in [0.3, 0.4) is 0 Å². The Balaban J connectivity index is 1.38. The summed E-state index contributed by atoms with van der Waals surface area (Å²) in [5.41, 5.74) is 12.3. The lowest BCUT2D eigenvalue weighted by molar-refractivity contribution is 0.0996. The summed E-state index contributed by atoms with van der Waals surface area (Å²) in [5.74, 6) is 1.36. The highest BCUT2D eigenvalue weighted by molar-refractivity contribution is 5.95. The minimum absolute atomic E-state index is 0.0192. The molecular formula is C22H25N5O2. The van der Waals surface area contributed by atoms with E-state index < -0.39 is 5.91 Å². The van der Waals surface area contributed by atoms with Crippen LogP contribution >= 0.6 is 0 Å². The Morgan fingerprint density at radius 2 is 2.03 bits per heavy atom. The SMILES string of the molecule is NC(=O)c1nc(-c2cccc(O[C@H]3CC[C@H](CC4C=CN=C4)CC3)c2)cnc1N. The average Bonchev–Trinajstić information content (AvgIpc) is 3.23. The minimum atomic E-state index is -0.694. The number of carbonyl (C=O) groups excluding carboxylic acids is 1. The van der Waals surface area contributed by atoms with Crippen LogP contribution in [-0.2, 0) is 0 Å². The van der Waals surface area contributed by atoms with Gasteiger partial charge in [-0.15, -0.1) is 0 Å². The van der Waals surface area contributed by atoms with E-state index >= 15 is 0 Å². The number of aromatic nitrogens is 2. The first-order valence-corrected chi connectivity index (χ1v) is 9.98. The first-order valence-electron chi connectivity index (χ1n) is 9.98. The van der Waals surface area contributed by atoms with Gasteiger partial charge in [0, 0.05) is 23.9 Å². The fourth-order valence-corrected chi connectivity index (χ4v) is 4.02. The second-order valence-electron chi connectivity index (χ2n) is 7.68. The second-order valence-corrected chi connectivity index (χ2v) is 7.68. The molecule has 1 aliphatic heterocycles. The number of primary amides is 1. The summed E-state index contributed by atoms with van der Waals surface area (Å²) in [6, 6.07) is 7.65. The van der Waals surface area contributed by atoms with E-state index in [2.05, 4.69) is 21.0 Å². The maximum atomic E-state index is 11.5. The van der Waals surface area contributed by atoms with Crippen molar-refractivity contribution in [2.45, 2.75) is 38.2 Å². The van der Waals surface area contributed by atoms with Crippen molar-refractivity contribution in [2.75, 3.05) is 5.73 Å². The highest BCUT2D eigenvalue weighted by Gasteiger charge is 2.24. The molecule has 7 nitrogen and oxygen atoms in total. The molecule has 1 fully saturated rings. The van der Waals surface area contributed by atoms with E-state index in [1.807, 2.05) is 36.7 Å². The van der Waals surface area contributed by atoms with Gasteiger partial charge in [-0.1, -0.05) is 18.2 Å². The predicted molar refractivity (Wildman–Crippen MR) is 113 cm³/mol. The Kier molecular flexibility index (Phi) is 5.55. The van der Waals surface area contributed by atoms with E-state index in [1.165, 1.54) is 25.5 Å². The van der Waals surface area contributed by atoms with Crippen molar-refractivity contribution >= 4 is 17.9 Å². The number of nitrogens with zero attached hydrogens (tertiary/aromatic N) is 3. The van der Waals surface area contributed by atoms with E-state index in [1.54, 1.807) is 0 Å². The molecule has 1 amide bonds. The van der Waals surface area contributed by atoms with Gasteiger partial charge in [0.1, 0.15) is 5.75 Å². The molecule has 0 bridgehead atoms. The molecule has 0 radical (unpaired) electrons. The first-order chi connectivity index (χ1) is 14.1. The van der Waals surface area contributed by atoms with Gasteiger partial charge in [-0.05, 0) is 50.2 Å². The molecule has 2 aliphatic rings. The van der Waals surface area contributed by atoms with Crippen molar-refractivity contribution in [3.8, 4) is 17.0 Å². The Labute approximate surface area is 169 Å². The number of aliphatic imine (C=N–C) groups is 1. The van der Waals surface area contributed by atoms with Crippen LogP contribution in [0.5, 0.6) is 5.75 Å². The third-order valence-corrected chi connectivity index (χ3v) is 5.56. The molecule has 0 spiro atoms. The number of rotatable bonds is 6. The van der Waals surface area contributed by atoms with Crippen molar-refractivity contribution in [1.29, 1.82) is 0 Å². The second kappa shape index (κ2) is 8.43. The normalized spacial score (nSPS) is 23.2. The standard InChI is InChI=1S/C22H25N5O2/c23-21-20(22(24)28)27-19(13-26-21)16-2-1-3-18(11-16)29-17-6-4-14(5-7-17)10-15-8-9-25-12-15/h1-3,8-9,11-15,17H,4-7,10H2,(H2,23,26)(H2,24,28)/t14-,15?,17-. The quantitative estimate of drug-likeness (QED) is 0.783. The Hall–Kier alpha value is -3.22. The summed E-state index contributed by atoms with van der Waals surface area (Å²) in [7, 11) is 0. The summed E-state index contributed by atoms with van der Waals surface area (Å²) in [6.07, 6.45) is 13.5. The number of benzene rings is 1. The lowest BCUT2D eigenvalue weighted by Gasteiger charge is -2.29. The maximum absolute atomic E-state index is 11.5. The van der Waals surface area contributed by atoms with E-state index in [4.69, 9.17) is 16.2 Å². The number of anilines is 1. The van der Waals surface area contributed by atoms with Gasteiger partial charge in [0.05, 0.1) is 18.0 Å². The van der Waals surface area contributed by atoms with E-state index in [0.29, 0.717) is 11.6 Å². The molecule has 1 aliphatic carbocycles. The number of nitrogens with two attached hydrogens (primary N) is 2. The fraction of sp³-hybridized carbons (Fsp3) is 0.364. The third kappa shape index (κ3) is 4.62. The molecule has 4 rings (SSSR count). The largest absolute Gasteiger partial charge is 0.490 e. The van der Waals surface area contributed by atoms with Crippen molar-refractivity contribution in [1.82, 2.24) is 9.97 Å². The van der Waals surface area contributed by atoms with Crippen LogP contribution in [0, 0.1) is 11.8 Å². The number of hydrogen-bond acceptors (Lipinski definition) is 6. The Morgan fingerprint density at radius 1 is 1.21 bits per heavy atom. The smallest absolute Gasteiger partial charge is 0.271 e. The monoisotopic (exact) mass is 391 g/mol. The van der Waals surface area contributed by atoms with Crippen LogP contribution in [0.25, 0.3) is 11.3 Å².